The van der Waals surface area contributed by atoms with Crippen LogP contribution in [-0.4, -0.2) is 23.2 Å². The molecule has 0 fully saturated rings. The summed E-state index contributed by atoms with van der Waals surface area (Å²) in [6.45, 7) is 1.14. The van der Waals surface area contributed by atoms with E-state index in [0.717, 1.165) is 17.2 Å². The third-order valence-corrected chi connectivity index (χ3v) is 2.55. The largest absolute Gasteiger partial charge is 0.486 e. The van der Waals surface area contributed by atoms with Crippen molar-refractivity contribution in [3.63, 3.8) is 0 Å². The van der Waals surface area contributed by atoms with Crippen molar-refractivity contribution in [2.24, 2.45) is 0 Å². The Kier molecular flexibility index (Phi) is 2.60. The van der Waals surface area contributed by atoms with Crippen molar-refractivity contribution in [3.8, 4) is 11.5 Å². The number of nitrogens with one attached hydrogen (secondary N) is 1. The molecule has 0 radical (unpaired) electrons. The molecular formula is C12H12N4O2. The number of rotatable bonds is 2. The normalized spacial score (nSPS) is 13.1. The van der Waals surface area contributed by atoms with Crippen molar-refractivity contribution in [1.29, 1.82) is 0 Å². The van der Waals surface area contributed by atoms with E-state index in [4.69, 9.17) is 15.2 Å². The summed E-state index contributed by atoms with van der Waals surface area (Å²) in [4.78, 5) is 7.90. The molecule has 0 saturated carbocycles. The number of anilines is 3. The van der Waals surface area contributed by atoms with Gasteiger partial charge in [0.25, 0.3) is 0 Å². The number of fused-ring (bicyclic) bond motifs is 1. The standard InChI is InChI=1S/C12H12N4O2/c13-9-6-14-7-15-12(9)16-8-1-2-10-11(5-8)18-4-3-17-10/h1-2,5-7H,3-4,13H2,(H,14,15,16). The van der Waals surface area contributed by atoms with Gasteiger partial charge in [0.05, 0.1) is 11.9 Å². The molecule has 1 aromatic carbocycles. The predicted octanol–water partition coefficient (Wildman–Crippen LogP) is 1.57. The van der Waals surface area contributed by atoms with Gasteiger partial charge in [-0.1, -0.05) is 0 Å². The van der Waals surface area contributed by atoms with Crippen molar-refractivity contribution in [2.45, 2.75) is 0 Å². The highest BCUT2D eigenvalue weighted by Crippen LogP contribution is 2.33. The molecule has 0 saturated heterocycles. The Labute approximate surface area is 104 Å². The van der Waals surface area contributed by atoms with Gasteiger partial charge in [-0.3, -0.25) is 0 Å². The fourth-order valence-electron chi connectivity index (χ4n) is 1.70. The molecule has 3 rings (SSSR count). The smallest absolute Gasteiger partial charge is 0.163 e. The lowest BCUT2D eigenvalue weighted by molar-refractivity contribution is 0.171. The maximum Gasteiger partial charge on any atom is 0.163 e. The highest BCUT2D eigenvalue weighted by molar-refractivity contribution is 5.69. The highest BCUT2D eigenvalue weighted by Gasteiger charge is 2.12. The molecule has 1 aliphatic heterocycles. The summed E-state index contributed by atoms with van der Waals surface area (Å²) in [6, 6.07) is 5.60. The average Bonchev–Trinajstić information content (AvgIpc) is 2.41. The van der Waals surface area contributed by atoms with Crippen molar-refractivity contribution in [2.75, 3.05) is 24.3 Å². The lowest BCUT2D eigenvalue weighted by Gasteiger charge is -2.19. The van der Waals surface area contributed by atoms with Gasteiger partial charge in [0.1, 0.15) is 19.5 Å². The zero-order valence-corrected chi connectivity index (χ0v) is 9.59. The van der Waals surface area contributed by atoms with Crippen LogP contribution in [0.4, 0.5) is 17.2 Å². The summed E-state index contributed by atoms with van der Waals surface area (Å²) in [5.74, 6) is 2.04. The number of nitrogens with zero attached hydrogens (tertiary/aromatic N) is 2. The second kappa shape index (κ2) is 4.40. The molecule has 1 aromatic heterocycles. The third kappa shape index (κ3) is 2.00. The van der Waals surface area contributed by atoms with Crippen LogP contribution in [0.5, 0.6) is 11.5 Å². The molecule has 0 unspecified atom stereocenters. The van der Waals surface area contributed by atoms with Crippen LogP contribution in [0.1, 0.15) is 0 Å². The molecule has 1 aliphatic rings. The number of nitrogens with two attached hydrogens (primary N) is 1. The Balaban J connectivity index is 1.87. The predicted molar refractivity (Wildman–Crippen MR) is 67.2 cm³/mol. The minimum Gasteiger partial charge on any atom is -0.486 e. The van der Waals surface area contributed by atoms with E-state index in [9.17, 15) is 0 Å². The van der Waals surface area contributed by atoms with E-state index < -0.39 is 0 Å². The van der Waals surface area contributed by atoms with Gasteiger partial charge in [-0.2, -0.15) is 0 Å². The van der Waals surface area contributed by atoms with Gasteiger partial charge in [0.15, 0.2) is 17.3 Å². The second-order valence-electron chi connectivity index (χ2n) is 3.81. The van der Waals surface area contributed by atoms with E-state index >= 15 is 0 Å². The monoisotopic (exact) mass is 244 g/mol. The minimum atomic E-state index is 0.493. The molecule has 18 heavy (non-hydrogen) atoms. The van der Waals surface area contributed by atoms with Gasteiger partial charge in [-0.15, -0.1) is 0 Å². The zero-order valence-electron chi connectivity index (χ0n) is 9.59. The molecule has 0 bridgehead atoms. The quantitative estimate of drug-likeness (QED) is 0.834. The van der Waals surface area contributed by atoms with Gasteiger partial charge in [0, 0.05) is 11.8 Å². The summed E-state index contributed by atoms with van der Waals surface area (Å²) < 4.78 is 11.0. The van der Waals surface area contributed by atoms with Crippen molar-refractivity contribution in [3.05, 3.63) is 30.7 Å². The first-order valence-electron chi connectivity index (χ1n) is 5.55. The summed E-state index contributed by atoms with van der Waals surface area (Å²) >= 11 is 0. The Morgan fingerprint density at radius 1 is 1.17 bits per heavy atom. The van der Waals surface area contributed by atoms with Gasteiger partial charge in [-0.05, 0) is 12.1 Å². The molecule has 2 aromatic rings. The molecule has 0 atom stereocenters. The maximum atomic E-state index is 5.76. The van der Waals surface area contributed by atoms with Crippen LogP contribution < -0.4 is 20.5 Å². The third-order valence-electron chi connectivity index (χ3n) is 2.55. The Hall–Kier alpha value is -2.50. The van der Waals surface area contributed by atoms with E-state index in [1.807, 2.05) is 18.2 Å². The molecule has 0 amide bonds. The number of ether oxygens (including phenoxy) is 2. The number of aromatic nitrogens is 2. The first kappa shape index (κ1) is 10.6. The Morgan fingerprint density at radius 2 is 2.00 bits per heavy atom. The van der Waals surface area contributed by atoms with Gasteiger partial charge < -0.3 is 20.5 Å². The van der Waals surface area contributed by atoms with Crippen LogP contribution in [-0.2, 0) is 0 Å². The lowest BCUT2D eigenvalue weighted by atomic mass is 10.2. The summed E-state index contributed by atoms with van der Waals surface area (Å²) in [5.41, 5.74) is 7.09. The molecule has 3 N–H and O–H groups in total. The first-order chi connectivity index (χ1) is 8.83. The fourth-order valence-corrected chi connectivity index (χ4v) is 1.70. The average molecular weight is 244 g/mol. The highest BCUT2D eigenvalue weighted by atomic mass is 16.6. The summed E-state index contributed by atoms with van der Waals surface area (Å²) in [6.07, 6.45) is 2.99. The lowest BCUT2D eigenvalue weighted by Crippen LogP contribution is -2.15. The van der Waals surface area contributed by atoms with Crippen LogP contribution in [0.2, 0.25) is 0 Å². The van der Waals surface area contributed by atoms with Crippen LogP contribution in [0, 0.1) is 0 Å². The molecule has 0 aliphatic carbocycles. The van der Waals surface area contributed by atoms with Gasteiger partial charge in [0.2, 0.25) is 0 Å². The minimum absolute atomic E-state index is 0.493. The number of hydrogen-bond acceptors (Lipinski definition) is 6. The fraction of sp³-hybridized carbons (Fsp3) is 0.167. The topological polar surface area (TPSA) is 82.3 Å². The molecule has 0 spiro atoms. The van der Waals surface area contributed by atoms with Gasteiger partial charge in [-0.25, -0.2) is 9.97 Å². The number of benzene rings is 1. The molecule has 6 heteroatoms. The summed E-state index contributed by atoms with van der Waals surface area (Å²) in [5, 5.41) is 3.11. The molecule has 2 heterocycles. The number of hydrogen-bond donors (Lipinski definition) is 2. The first-order valence-corrected chi connectivity index (χ1v) is 5.55. The molecule has 92 valence electrons. The molecular weight excluding hydrogens is 232 g/mol. The van der Waals surface area contributed by atoms with Crippen LogP contribution in [0.3, 0.4) is 0 Å². The van der Waals surface area contributed by atoms with E-state index in [2.05, 4.69) is 15.3 Å². The van der Waals surface area contributed by atoms with Crippen LogP contribution in [0.15, 0.2) is 30.7 Å². The second-order valence-corrected chi connectivity index (χ2v) is 3.81. The SMILES string of the molecule is Nc1cncnc1Nc1ccc2c(c1)OCCO2. The number of nitrogen functional groups attached to an aromatic ring is 1. The van der Waals surface area contributed by atoms with Crippen molar-refractivity contribution < 1.29 is 9.47 Å². The Morgan fingerprint density at radius 3 is 2.83 bits per heavy atom. The van der Waals surface area contributed by atoms with Crippen molar-refractivity contribution in [1.82, 2.24) is 9.97 Å². The van der Waals surface area contributed by atoms with E-state index in [-0.39, 0.29) is 0 Å². The van der Waals surface area contributed by atoms with Gasteiger partial charge >= 0.3 is 0 Å². The summed E-state index contributed by atoms with van der Waals surface area (Å²) in [7, 11) is 0. The molecule has 6 nitrogen and oxygen atoms in total. The van der Waals surface area contributed by atoms with Crippen molar-refractivity contribution >= 4 is 17.2 Å². The Bertz CT molecular complexity index is 574. The van der Waals surface area contributed by atoms with E-state index in [1.54, 1.807) is 6.20 Å². The zero-order chi connectivity index (χ0) is 12.4. The van der Waals surface area contributed by atoms with E-state index in [1.165, 1.54) is 6.33 Å². The van der Waals surface area contributed by atoms with Crippen LogP contribution >= 0.6 is 0 Å². The van der Waals surface area contributed by atoms with Crippen LogP contribution in [0.25, 0.3) is 0 Å². The maximum absolute atomic E-state index is 5.76. The van der Waals surface area contributed by atoms with E-state index in [0.29, 0.717) is 24.7 Å².